The number of carbonyl (C=O) groups excluding carboxylic acids is 1. The number of rotatable bonds is 6. The number of fused-ring (bicyclic) bond motifs is 1. The Morgan fingerprint density at radius 1 is 0.944 bits per heavy atom. The van der Waals surface area contributed by atoms with E-state index in [9.17, 15) is 4.79 Å². The van der Waals surface area contributed by atoms with Crippen LogP contribution < -0.4 is 5.32 Å². The van der Waals surface area contributed by atoms with Crippen molar-refractivity contribution in [2.45, 2.75) is 57.3 Å². The summed E-state index contributed by atoms with van der Waals surface area (Å²) in [7, 11) is 0. The molecule has 0 saturated carbocycles. The fraction of sp³-hybridized carbons (Fsp3) is 0.429. The molecule has 5 nitrogen and oxygen atoms in total. The Morgan fingerprint density at radius 3 is 2.44 bits per heavy atom. The van der Waals surface area contributed by atoms with Crippen molar-refractivity contribution < 1.29 is 4.79 Å². The molecule has 0 radical (unpaired) electrons. The van der Waals surface area contributed by atoms with E-state index in [1.165, 1.54) is 24.8 Å². The van der Waals surface area contributed by atoms with Crippen LogP contribution in [0, 0.1) is 0 Å². The number of aromatic nitrogens is 2. The van der Waals surface area contributed by atoms with Crippen molar-refractivity contribution in [1.29, 1.82) is 0 Å². The van der Waals surface area contributed by atoms with Gasteiger partial charge in [0.1, 0.15) is 0 Å². The molecule has 1 saturated heterocycles. The van der Waals surface area contributed by atoms with E-state index in [4.69, 9.17) is 39.9 Å². The number of nitrogens with one attached hydrogen (secondary N) is 1. The summed E-state index contributed by atoms with van der Waals surface area (Å²) >= 11 is 19.0. The van der Waals surface area contributed by atoms with Crippen LogP contribution in [-0.2, 0) is 12.8 Å². The van der Waals surface area contributed by atoms with Gasteiger partial charge in [0.25, 0.3) is 5.91 Å². The number of hydrogen-bond donors (Lipinski definition) is 1. The van der Waals surface area contributed by atoms with Crippen LogP contribution in [0.15, 0.2) is 42.5 Å². The number of hydrogen-bond acceptors (Lipinski definition) is 3. The summed E-state index contributed by atoms with van der Waals surface area (Å²) in [4.78, 5) is 15.8. The molecule has 1 fully saturated rings. The highest BCUT2D eigenvalue weighted by molar-refractivity contribution is 6.35. The maximum absolute atomic E-state index is 13.5. The molecule has 1 aromatic heterocycles. The van der Waals surface area contributed by atoms with Gasteiger partial charge < -0.3 is 5.32 Å². The molecule has 1 N–H and O–H groups in total. The smallest absolute Gasteiger partial charge is 0.273 e. The minimum atomic E-state index is -0.118. The summed E-state index contributed by atoms with van der Waals surface area (Å²) in [6.45, 7) is 2.60. The van der Waals surface area contributed by atoms with Crippen molar-refractivity contribution >= 4 is 40.7 Å². The van der Waals surface area contributed by atoms with E-state index in [0.29, 0.717) is 22.4 Å². The first kappa shape index (κ1) is 25.6. The molecule has 2 aromatic carbocycles. The fourth-order valence-corrected chi connectivity index (χ4v) is 6.08. The number of piperidine rings is 1. The summed E-state index contributed by atoms with van der Waals surface area (Å²) in [5.74, 6) is 0.0827. The maximum Gasteiger partial charge on any atom is 0.273 e. The quantitative estimate of drug-likeness (QED) is 0.337. The molecule has 2 aliphatic rings. The third kappa shape index (κ3) is 5.75. The maximum atomic E-state index is 13.5. The number of amides is 1. The highest BCUT2D eigenvalue weighted by Crippen LogP contribution is 2.38. The van der Waals surface area contributed by atoms with Gasteiger partial charge in [-0.05, 0) is 87.5 Å². The minimum Gasteiger partial charge on any atom is -0.338 e. The third-order valence-electron chi connectivity index (χ3n) is 7.30. The van der Waals surface area contributed by atoms with Crippen LogP contribution in [0.3, 0.4) is 0 Å². The average molecular weight is 546 g/mol. The van der Waals surface area contributed by atoms with Gasteiger partial charge in [0.05, 0.1) is 23.1 Å². The minimum absolute atomic E-state index is 0.118. The zero-order chi connectivity index (χ0) is 25.1. The highest BCUT2D eigenvalue weighted by atomic mass is 35.5. The summed E-state index contributed by atoms with van der Waals surface area (Å²) in [6, 6.07) is 13.5. The Morgan fingerprint density at radius 2 is 1.69 bits per heavy atom. The lowest BCUT2D eigenvalue weighted by molar-refractivity contribution is 0.0908. The van der Waals surface area contributed by atoms with Gasteiger partial charge in [0, 0.05) is 21.5 Å². The van der Waals surface area contributed by atoms with Crippen molar-refractivity contribution in [2.75, 3.05) is 19.8 Å². The zero-order valence-electron chi connectivity index (χ0n) is 20.3. The number of likely N-dealkylation sites (tertiary alicyclic amines) is 1. The van der Waals surface area contributed by atoms with Crippen LogP contribution >= 0.6 is 34.8 Å². The van der Waals surface area contributed by atoms with E-state index in [0.717, 1.165) is 67.2 Å². The second kappa shape index (κ2) is 11.6. The molecule has 36 heavy (non-hydrogen) atoms. The molecular weight excluding hydrogens is 515 g/mol. The van der Waals surface area contributed by atoms with Crippen LogP contribution in [-0.4, -0.2) is 40.3 Å². The van der Waals surface area contributed by atoms with Crippen molar-refractivity contribution in [1.82, 2.24) is 20.0 Å². The van der Waals surface area contributed by atoms with Gasteiger partial charge in [0.15, 0.2) is 5.69 Å². The van der Waals surface area contributed by atoms with Gasteiger partial charge >= 0.3 is 0 Å². The lowest BCUT2D eigenvalue weighted by atomic mass is 9.91. The molecule has 1 unspecified atom stereocenters. The zero-order valence-corrected chi connectivity index (χ0v) is 22.5. The van der Waals surface area contributed by atoms with Gasteiger partial charge in [-0.1, -0.05) is 59.8 Å². The molecule has 8 heteroatoms. The summed E-state index contributed by atoms with van der Waals surface area (Å²) < 4.78 is 1.90. The lowest BCUT2D eigenvalue weighted by Gasteiger charge is -2.26. The fourth-order valence-electron chi connectivity index (χ4n) is 5.47. The van der Waals surface area contributed by atoms with Crippen LogP contribution in [0.2, 0.25) is 15.1 Å². The SMILES string of the molecule is O=C(NCN1CCCCC1)c1nn(-c2ccc(Cl)cc2Cl)c2c1CCCCC2Cc1ccc(Cl)cc1. The first-order valence-electron chi connectivity index (χ1n) is 12.8. The van der Waals surface area contributed by atoms with Crippen molar-refractivity contribution in [3.05, 3.63) is 80.0 Å². The predicted molar refractivity (Wildman–Crippen MR) is 147 cm³/mol. The van der Waals surface area contributed by atoms with Crippen LogP contribution in [0.1, 0.15) is 71.8 Å². The second-order valence-corrected chi connectivity index (χ2v) is 11.1. The first-order valence-corrected chi connectivity index (χ1v) is 13.9. The van der Waals surface area contributed by atoms with E-state index in [1.807, 2.05) is 28.9 Å². The van der Waals surface area contributed by atoms with E-state index >= 15 is 0 Å². The van der Waals surface area contributed by atoms with E-state index in [1.54, 1.807) is 6.07 Å². The standard InChI is InChI=1S/C28H31Cl3N4O/c29-21-10-8-19(9-11-21)16-20-6-2-3-7-23-26(28(36)32-18-34-14-4-1-5-15-34)33-35(27(20)23)25-13-12-22(30)17-24(25)31/h8-13,17,20H,1-7,14-16,18H2,(H,32,36). The Labute approximate surface area is 227 Å². The van der Waals surface area contributed by atoms with Gasteiger partial charge in [-0.15, -0.1) is 0 Å². The molecule has 190 valence electrons. The Bertz CT molecular complexity index is 1220. The van der Waals surface area contributed by atoms with Gasteiger partial charge in [-0.2, -0.15) is 5.10 Å². The monoisotopic (exact) mass is 544 g/mol. The van der Waals surface area contributed by atoms with Gasteiger partial charge in [0.2, 0.25) is 0 Å². The normalized spacial score (nSPS) is 18.5. The van der Waals surface area contributed by atoms with Gasteiger partial charge in [-0.3, -0.25) is 9.69 Å². The lowest BCUT2D eigenvalue weighted by Crippen LogP contribution is -2.40. The number of halogens is 3. The van der Waals surface area contributed by atoms with Crippen LogP contribution in [0.4, 0.5) is 0 Å². The molecule has 0 spiro atoms. The topological polar surface area (TPSA) is 50.2 Å². The molecule has 3 aromatic rings. The van der Waals surface area contributed by atoms with E-state index < -0.39 is 0 Å². The molecule has 1 atom stereocenters. The van der Waals surface area contributed by atoms with Crippen LogP contribution in [0.25, 0.3) is 5.69 Å². The summed E-state index contributed by atoms with van der Waals surface area (Å²) in [6.07, 6.45) is 8.43. The number of nitrogens with zero attached hydrogens (tertiary/aromatic N) is 3. The molecule has 0 bridgehead atoms. The number of benzene rings is 2. The van der Waals surface area contributed by atoms with E-state index in [2.05, 4.69) is 22.3 Å². The van der Waals surface area contributed by atoms with Crippen LogP contribution in [0.5, 0.6) is 0 Å². The van der Waals surface area contributed by atoms with Crippen molar-refractivity contribution in [3.8, 4) is 5.69 Å². The molecular formula is C28H31Cl3N4O. The Hall–Kier alpha value is -2.05. The molecule has 1 amide bonds. The molecule has 1 aliphatic heterocycles. The summed E-state index contributed by atoms with van der Waals surface area (Å²) in [5.41, 5.74) is 4.58. The second-order valence-electron chi connectivity index (χ2n) is 9.84. The molecule has 2 heterocycles. The third-order valence-corrected chi connectivity index (χ3v) is 8.09. The van der Waals surface area contributed by atoms with E-state index in [-0.39, 0.29) is 11.8 Å². The molecule has 5 rings (SSSR count). The first-order chi connectivity index (χ1) is 17.5. The highest BCUT2D eigenvalue weighted by Gasteiger charge is 2.31. The van der Waals surface area contributed by atoms with Crippen molar-refractivity contribution in [3.63, 3.8) is 0 Å². The summed E-state index contributed by atoms with van der Waals surface area (Å²) in [5, 5.41) is 9.85. The predicted octanol–water partition coefficient (Wildman–Crippen LogP) is 7.06. The Balaban J connectivity index is 1.53. The Kier molecular flexibility index (Phi) is 8.22. The van der Waals surface area contributed by atoms with Crippen molar-refractivity contribution in [2.24, 2.45) is 0 Å². The largest absolute Gasteiger partial charge is 0.338 e. The number of carbonyl (C=O) groups is 1. The van der Waals surface area contributed by atoms with Gasteiger partial charge in [-0.25, -0.2) is 4.68 Å². The average Bonchev–Trinajstić information content (AvgIpc) is 3.13. The molecule has 1 aliphatic carbocycles.